The number of anilines is 2. The number of ether oxygens (including phenoxy) is 2. The van der Waals surface area contributed by atoms with Gasteiger partial charge in [-0.15, -0.1) is 0 Å². The van der Waals surface area contributed by atoms with Crippen LogP contribution in [-0.2, 0) is 28.7 Å². The van der Waals surface area contributed by atoms with Crippen LogP contribution in [0.4, 0.5) is 17.1 Å². The van der Waals surface area contributed by atoms with E-state index in [1.807, 2.05) is 62.4 Å². The summed E-state index contributed by atoms with van der Waals surface area (Å²) in [6.07, 6.45) is 4.86. The number of aliphatic hydroxyl groups excluding tert-OH is 2. The molecule has 2 N–H and O–H groups in total. The van der Waals surface area contributed by atoms with Crippen LogP contribution in [0.5, 0.6) is 0 Å². The van der Waals surface area contributed by atoms with Crippen LogP contribution >= 0.6 is 0 Å². The molecule has 4 aromatic rings. The number of imide groups is 2. The van der Waals surface area contributed by atoms with Crippen molar-refractivity contribution in [2.75, 3.05) is 23.0 Å². The Morgan fingerprint density at radius 3 is 1.47 bits per heavy atom. The van der Waals surface area contributed by atoms with Crippen molar-refractivity contribution < 1.29 is 38.9 Å². The monoisotopic (exact) mass is 780 g/mol. The molecule has 4 aromatic carbocycles. The number of carbonyl (C=O) groups excluding carboxylic acids is 4. The molecule has 4 bridgehead atoms. The third-order valence-electron chi connectivity index (χ3n) is 14.4. The molecule has 6 aliphatic heterocycles. The first-order valence-electron chi connectivity index (χ1n) is 20.2. The minimum Gasteiger partial charge on any atom is -0.396 e. The zero-order chi connectivity index (χ0) is 40.8. The number of nitrogens with zero attached hydrogens (tertiary/aromatic N) is 4. The van der Waals surface area contributed by atoms with Crippen molar-refractivity contribution in [3.8, 4) is 6.07 Å². The minimum atomic E-state index is -0.765. The molecular weight excluding hydrogens is 737 g/mol. The summed E-state index contributed by atoms with van der Waals surface area (Å²) in [5.41, 5.74) is -0.738. The molecule has 0 aliphatic carbocycles. The number of carbonyl (C=O) groups is 4. The van der Waals surface area contributed by atoms with Gasteiger partial charge >= 0.3 is 0 Å². The van der Waals surface area contributed by atoms with Gasteiger partial charge in [0, 0.05) is 36.8 Å². The topological polar surface area (TPSA) is 162 Å². The predicted molar refractivity (Wildman–Crippen MR) is 213 cm³/mol. The number of hydrogen-bond acceptors (Lipinski definition) is 9. The summed E-state index contributed by atoms with van der Waals surface area (Å²) in [5.74, 6) is -3.10. The highest BCUT2D eigenvalue weighted by Gasteiger charge is 2.76. The van der Waals surface area contributed by atoms with Crippen LogP contribution in [0.15, 0.2) is 72.8 Å². The van der Waals surface area contributed by atoms with Gasteiger partial charge in [0.15, 0.2) is 5.69 Å². The Morgan fingerprint density at radius 1 is 0.638 bits per heavy atom. The van der Waals surface area contributed by atoms with Crippen LogP contribution < -0.4 is 9.80 Å². The normalized spacial score (nSPS) is 32.8. The number of rotatable bonds is 8. The first kappa shape index (κ1) is 38.0. The maximum Gasteiger partial charge on any atom is 0.240 e. The Bertz CT molecular complexity index is 2350. The van der Waals surface area contributed by atoms with Crippen molar-refractivity contribution in [1.29, 1.82) is 5.26 Å². The summed E-state index contributed by atoms with van der Waals surface area (Å²) in [6, 6.07) is 23.6. The summed E-state index contributed by atoms with van der Waals surface area (Å²) in [4.78, 5) is 60.6. The van der Waals surface area contributed by atoms with E-state index in [4.69, 9.17) is 16.0 Å². The van der Waals surface area contributed by atoms with Crippen molar-refractivity contribution in [1.82, 2.24) is 0 Å². The van der Waals surface area contributed by atoms with E-state index in [1.165, 1.54) is 9.80 Å². The van der Waals surface area contributed by atoms with E-state index < -0.39 is 46.1 Å². The SMILES string of the molecule is CCC12CCC(CCO)(O1)[C@H]1C(=O)N(c3ccc(C#N)c4ccccc34)C(=O)[C@H]12.[C-]#[N+]c1ccc(N2C(=O)[C@@H]3[C@H](C2=O)C2(CC)CCC3(CCO)O2)c2ccccc12. The van der Waals surface area contributed by atoms with Gasteiger partial charge in [-0.25, -0.2) is 14.6 Å². The fourth-order valence-corrected chi connectivity index (χ4v) is 11.8. The van der Waals surface area contributed by atoms with Crippen molar-refractivity contribution >= 4 is 62.2 Å². The molecule has 6 aliphatic rings. The van der Waals surface area contributed by atoms with E-state index in [1.54, 1.807) is 24.3 Å². The number of fused-ring (bicyclic) bond motifs is 12. The van der Waals surface area contributed by atoms with Crippen LogP contribution in [0.25, 0.3) is 26.4 Å². The maximum absolute atomic E-state index is 13.6. The molecule has 0 spiro atoms. The summed E-state index contributed by atoms with van der Waals surface area (Å²) in [5, 5.41) is 31.6. The predicted octanol–water partition coefficient (Wildman–Crippen LogP) is 6.50. The first-order valence-corrected chi connectivity index (χ1v) is 20.2. The number of nitriles is 1. The zero-order valence-corrected chi connectivity index (χ0v) is 32.4. The van der Waals surface area contributed by atoms with Crippen LogP contribution in [0.1, 0.15) is 70.8 Å². The molecule has 0 radical (unpaired) electrons. The Morgan fingerprint density at radius 2 is 1.03 bits per heavy atom. The van der Waals surface area contributed by atoms with Crippen molar-refractivity contribution in [3.63, 3.8) is 0 Å². The second kappa shape index (κ2) is 13.5. The quantitative estimate of drug-likeness (QED) is 0.150. The Hall–Kier alpha value is -5.50. The smallest absolute Gasteiger partial charge is 0.240 e. The molecule has 6 fully saturated rings. The third-order valence-corrected chi connectivity index (χ3v) is 14.4. The average Bonchev–Trinajstić information content (AvgIpc) is 4.06. The Kier molecular flexibility index (Phi) is 8.88. The maximum atomic E-state index is 13.6. The molecular formula is C46H44N4O8. The van der Waals surface area contributed by atoms with E-state index in [0.717, 1.165) is 29.0 Å². The third kappa shape index (κ3) is 4.93. The molecule has 4 unspecified atom stereocenters. The van der Waals surface area contributed by atoms with E-state index in [2.05, 4.69) is 10.9 Å². The van der Waals surface area contributed by atoms with Crippen LogP contribution in [0.2, 0.25) is 0 Å². The molecule has 58 heavy (non-hydrogen) atoms. The Balaban J connectivity index is 0.000000150. The lowest BCUT2D eigenvalue weighted by Crippen LogP contribution is -2.43. The van der Waals surface area contributed by atoms with Crippen LogP contribution in [0, 0.1) is 41.6 Å². The van der Waals surface area contributed by atoms with Crippen molar-refractivity contribution in [3.05, 3.63) is 89.8 Å². The number of benzene rings is 4. The summed E-state index contributed by atoms with van der Waals surface area (Å²) >= 11 is 0. The second-order valence-electron chi connectivity index (χ2n) is 16.6. The fraction of sp³-hybridized carbons (Fsp3) is 0.435. The molecule has 296 valence electrons. The van der Waals surface area contributed by atoms with E-state index in [-0.39, 0.29) is 36.8 Å². The van der Waals surface area contributed by atoms with Crippen molar-refractivity contribution in [2.24, 2.45) is 23.7 Å². The lowest BCUT2D eigenvalue weighted by Gasteiger charge is -2.30. The molecule has 4 amide bonds. The highest BCUT2D eigenvalue weighted by Crippen LogP contribution is 2.65. The second-order valence-corrected chi connectivity index (χ2v) is 16.6. The van der Waals surface area contributed by atoms with Gasteiger partial charge in [-0.1, -0.05) is 68.4 Å². The number of hydrogen-bond donors (Lipinski definition) is 2. The van der Waals surface area contributed by atoms with Gasteiger partial charge in [0.25, 0.3) is 0 Å². The minimum absolute atomic E-state index is 0.0763. The van der Waals surface area contributed by atoms with E-state index >= 15 is 0 Å². The molecule has 6 saturated heterocycles. The van der Waals surface area contributed by atoms with Gasteiger partial charge in [0.05, 0.1) is 75.7 Å². The average molecular weight is 781 g/mol. The van der Waals surface area contributed by atoms with E-state index in [0.29, 0.717) is 66.5 Å². The van der Waals surface area contributed by atoms with Crippen LogP contribution in [0.3, 0.4) is 0 Å². The zero-order valence-electron chi connectivity index (χ0n) is 32.4. The van der Waals surface area contributed by atoms with Crippen LogP contribution in [-0.4, -0.2) is 69.5 Å². The molecule has 12 heteroatoms. The molecule has 6 heterocycles. The Labute approximate surface area is 335 Å². The van der Waals surface area contributed by atoms with Gasteiger partial charge < -0.3 is 19.7 Å². The molecule has 0 saturated carbocycles. The fourth-order valence-electron chi connectivity index (χ4n) is 11.8. The number of amides is 4. The lowest BCUT2D eigenvalue weighted by molar-refractivity contribution is -0.134. The van der Waals surface area contributed by atoms with Crippen molar-refractivity contribution in [2.45, 2.75) is 87.6 Å². The molecule has 0 aromatic heterocycles. The largest absolute Gasteiger partial charge is 0.396 e. The van der Waals surface area contributed by atoms with Gasteiger partial charge in [-0.05, 0) is 67.5 Å². The summed E-state index contributed by atoms with van der Waals surface area (Å²) in [7, 11) is 0. The molecule has 10 rings (SSSR count). The molecule has 12 nitrogen and oxygen atoms in total. The first-order chi connectivity index (χ1) is 28.0. The summed E-state index contributed by atoms with van der Waals surface area (Å²) < 4.78 is 12.8. The number of aliphatic hydroxyl groups is 2. The lowest BCUT2D eigenvalue weighted by atomic mass is 9.66. The highest BCUT2D eigenvalue weighted by atomic mass is 16.5. The summed E-state index contributed by atoms with van der Waals surface area (Å²) in [6.45, 7) is 11.2. The van der Waals surface area contributed by atoms with Gasteiger partial charge in [-0.3, -0.25) is 19.2 Å². The van der Waals surface area contributed by atoms with Gasteiger partial charge in [0.2, 0.25) is 23.6 Å². The van der Waals surface area contributed by atoms with Gasteiger partial charge in [0.1, 0.15) is 0 Å². The van der Waals surface area contributed by atoms with E-state index in [9.17, 15) is 34.7 Å². The van der Waals surface area contributed by atoms with Gasteiger partial charge in [-0.2, -0.15) is 5.26 Å². The highest BCUT2D eigenvalue weighted by molar-refractivity contribution is 6.27. The molecule has 8 atom stereocenters. The standard InChI is InChI=1S/2C23H22N2O4/c1-3-22-10-11-23(29-22,12-13-26)19-18(22)20(27)25(21(19)28)17-9-8-16(24-2)14-6-4-5-7-15(14)17;1-2-22-9-10-23(29-22,11-12-26)19-18(22)20(27)25(21(19)28)17-8-7-14(13-24)15-5-3-4-6-16(15)17/h4-9,18-19,26H,3,10-13H2,1H3;3-8,18-19,26H,2,9-12H2,1H3/t2*18-,19+,22?,23?/m10/s1.